The van der Waals surface area contributed by atoms with Gasteiger partial charge in [0.2, 0.25) is 11.8 Å². The normalized spacial score (nSPS) is 17.4. The number of nitrogens with zero attached hydrogens (tertiary/aromatic N) is 1. The number of carbonyl (C=O) groups is 2. The predicted octanol–water partition coefficient (Wildman–Crippen LogP) is 3.56. The average Bonchev–Trinajstić information content (AvgIpc) is 2.90. The Morgan fingerprint density at radius 3 is 2.43 bits per heavy atom. The third-order valence-corrected chi connectivity index (χ3v) is 4.70. The zero-order valence-corrected chi connectivity index (χ0v) is 13.3. The second kappa shape index (κ2) is 6.42. The summed E-state index contributed by atoms with van der Waals surface area (Å²) in [5.74, 6) is -0.0759. The number of hydrogen-bond donors (Lipinski definition) is 1. The van der Waals surface area contributed by atoms with E-state index in [2.05, 4.69) is 5.32 Å². The third kappa shape index (κ3) is 3.37. The Kier molecular flexibility index (Phi) is 4.34. The van der Waals surface area contributed by atoms with Gasteiger partial charge in [0, 0.05) is 18.3 Å². The monoisotopic (exact) mass is 330 g/mol. The quantitative estimate of drug-likeness (QED) is 0.936. The fourth-order valence-corrected chi connectivity index (χ4v) is 3.66. The summed E-state index contributed by atoms with van der Waals surface area (Å²) in [4.78, 5) is 25.0. The van der Waals surface area contributed by atoms with Crippen LogP contribution in [0.5, 0.6) is 0 Å². The summed E-state index contributed by atoms with van der Waals surface area (Å²) in [5, 5.41) is 2.56. The van der Waals surface area contributed by atoms with E-state index in [4.69, 9.17) is 0 Å². The molecule has 1 atom stereocenters. The molecule has 1 aliphatic rings. The number of carbonyl (C=O) groups excluding carboxylic acids is 2. The highest BCUT2D eigenvalue weighted by Crippen LogP contribution is 2.41. The van der Waals surface area contributed by atoms with Gasteiger partial charge in [-0.2, -0.15) is 0 Å². The summed E-state index contributed by atoms with van der Waals surface area (Å²) in [6.07, 6.45) is 0. The van der Waals surface area contributed by atoms with E-state index < -0.39 is 0 Å². The summed E-state index contributed by atoms with van der Waals surface area (Å²) in [6.45, 7) is 1.45. The molecule has 3 rings (SSSR count). The molecule has 1 saturated heterocycles. The van der Waals surface area contributed by atoms with Gasteiger partial charge in [-0.05, 0) is 42.0 Å². The Morgan fingerprint density at radius 1 is 1.17 bits per heavy atom. The van der Waals surface area contributed by atoms with Crippen molar-refractivity contribution in [3.05, 3.63) is 59.9 Å². The maximum Gasteiger partial charge on any atom is 0.238 e. The van der Waals surface area contributed by atoms with Crippen LogP contribution in [0.4, 0.5) is 15.8 Å². The van der Waals surface area contributed by atoms with E-state index in [1.807, 2.05) is 24.3 Å². The molecule has 1 fully saturated rings. The van der Waals surface area contributed by atoms with Gasteiger partial charge < -0.3 is 5.32 Å². The molecule has 0 radical (unpaired) electrons. The molecule has 0 saturated carbocycles. The largest absolute Gasteiger partial charge is 0.326 e. The van der Waals surface area contributed by atoms with E-state index >= 15 is 0 Å². The number of rotatable bonds is 3. The van der Waals surface area contributed by atoms with Gasteiger partial charge in [-0.25, -0.2) is 4.39 Å². The molecule has 6 heteroatoms. The lowest BCUT2D eigenvalue weighted by atomic mass is 10.1. The lowest BCUT2D eigenvalue weighted by Gasteiger charge is -2.24. The van der Waals surface area contributed by atoms with Crippen molar-refractivity contribution in [3.8, 4) is 0 Å². The first kappa shape index (κ1) is 15.6. The highest BCUT2D eigenvalue weighted by molar-refractivity contribution is 8.00. The van der Waals surface area contributed by atoms with E-state index in [-0.39, 0.29) is 23.0 Å². The molecule has 1 aliphatic heterocycles. The Balaban J connectivity index is 1.87. The number of amides is 2. The van der Waals surface area contributed by atoms with Crippen molar-refractivity contribution in [1.29, 1.82) is 0 Å². The Labute approximate surface area is 137 Å². The molecule has 118 valence electrons. The maximum absolute atomic E-state index is 13.1. The smallest absolute Gasteiger partial charge is 0.238 e. The first-order valence-electron chi connectivity index (χ1n) is 7.11. The van der Waals surface area contributed by atoms with E-state index in [1.54, 1.807) is 17.0 Å². The number of anilines is 2. The van der Waals surface area contributed by atoms with E-state index in [0.717, 1.165) is 5.56 Å². The van der Waals surface area contributed by atoms with Crippen LogP contribution in [0.15, 0.2) is 48.5 Å². The van der Waals surface area contributed by atoms with Crippen molar-refractivity contribution in [2.45, 2.75) is 12.3 Å². The first-order valence-corrected chi connectivity index (χ1v) is 8.16. The van der Waals surface area contributed by atoms with Crippen LogP contribution in [0, 0.1) is 5.82 Å². The lowest BCUT2D eigenvalue weighted by Crippen LogP contribution is -2.27. The molecule has 2 aromatic carbocycles. The van der Waals surface area contributed by atoms with Crippen molar-refractivity contribution < 1.29 is 14.0 Å². The summed E-state index contributed by atoms with van der Waals surface area (Å²) in [7, 11) is 0. The third-order valence-electron chi connectivity index (χ3n) is 3.49. The summed E-state index contributed by atoms with van der Waals surface area (Å²) >= 11 is 1.53. The minimum absolute atomic E-state index is 0.00227. The summed E-state index contributed by atoms with van der Waals surface area (Å²) in [5.41, 5.74) is 2.35. The van der Waals surface area contributed by atoms with Gasteiger partial charge in [0.25, 0.3) is 0 Å². The second-order valence-corrected chi connectivity index (χ2v) is 6.28. The van der Waals surface area contributed by atoms with E-state index in [9.17, 15) is 14.0 Å². The maximum atomic E-state index is 13.1. The van der Waals surface area contributed by atoms with Crippen LogP contribution in [-0.4, -0.2) is 17.6 Å². The van der Waals surface area contributed by atoms with Crippen molar-refractivity contribution in [2.24, 2.45) is 0 Å². The highest BCUT2D eigenvalue weighted by atomic mass is 32.2. The van der Waals surface area contributed by atoms with Crippen LogP contribution >= 0.6 is 11.8 Å². The molecule has 0 aromatic heterocycles. The van der Waals surface area contributed by atoms with Gasteiger partial charge in [0.15, 0.2) is 0 Å². The molecule has 1 N–H and O–H groups in total. The predicted molar refractivity (Wildman–Crippen MR) is 89.8 cm³/mol. The highest BCUT2D eigenvalue weighted by Gasteiger charge is 2.33. The minimum Gasteiger partial charge on any atom is -0.326 e. The molecular weight excluding hydrogens is 315 g/mol. The molecular formula is C17H15FN2O2S. The van der Waals surface area contributed by atoms with Gasteiger partial charge >= 0.3 is 0 Å². The van der Waals surface area contributed by atoms with Crippen LogP contribution in [0.1, 0.15) is 17.9 Å². The second-order valence-electron chi connectivity index (χ2n) is 5.21. The number of hydrogen-bond acceptors (Lipinski definition) is 3. The molecule has 4 nitrogen and oxygen atoms in total. The van der Waals surface area contributed by atoms with Crippen LogP contribution in [0.25, 0.3) is 0 Å². The van der Waals surface area contributed by atoms with Crippen molar-refractivity contribution >= 4 is 35.0 Å². The molecule has 23 heavy (non-hydrogen) atoms. The van der Waals surface area contributed by atoms with Crippen LogP contribution < -0.4 is 10.2 Å². The zero-order chi connectivity index (χ0) is 16.4. The standard InChI is InChI=1S/C17H15FN2O2S/c1-11(21)19-14-6-2-12(3-7-14)17-20(16(22)10-23-17)15-8-4-13(18)5-9-15/h2-9,17H,10H2,1H3,(H,19,21). The Hall–Kier alpha value is -2.34. The van der Waals surface area contributed by atoms with Crippen molar-refractivity contribution in [3.63, 3.8) is 0 Å². The van der Waals surface area contributed by atoms with Gasteiger partial charge in [0.1, 0.15) is 11.2 Å². The molecule has 0 aliphatic carbocycles. The SMILES string of the molecule is CC(=O)Nc1ccc(C2SCC(=O)N2c2ccc(F)cc2)cc1. The van der Waals surface area contributed by atoms with Gasteiger partial charge in [-0.1, -0.05) is 12.1 Å². The van der Waals surface area contributed by atoms with Gasteiger partial charge in [0.05, 0.1) is 5.75 Å². The number of halogens is 1. The van der Waals surface area contributed by atoms with E-state index in [1.165, 1.54) is 30.8 Å². The molecule has 1 heterocycles. The molecule has 0 bridgehead atoms. The fourth-order valence-electron chi connectivity index (χ4n) is 2.49. The van der Waals surface area contributed by atoms with Gasteiger partial charge in [-0.15, -0.1) is 11.8 Å². The van der Waals surface area contributed by atoms with Crippen LogP contribution in [-0.2, 0) is 9.59 Å². The molecule has 1 unspecified atom stereocenters. The van der Waals surface area contributed by atoms with Crippen molar-refractivity contribution in [2.75, 3.05) is 16.0 Å². The van der Waals surface area contributed by atoms with Gasteiger partial charge in [-0.3, -0.25) is 14.5 Å². The topological polar surface area (TPSA) is 49.4 Å². The Morgan fingerprint density at radius 2 is 1.83 bits per heavy atom. The van der Waals surface area contributed by atoms with Crippen molar-refractivity contribution in [1.82, 2.24) is 0 Å². The Bertz CT molecular complexity index is 731. The zero-order valence-electron chi connectivity index (χ0n) is 12.5. The van der Waals surface area contributed by atoms with Crippen LogP contribution in [0.2, 0.25) is 0 Å². The molecule has 2 aromatic rings. The summed E-state index contributed by atoms with van der Waals surface area (Å²) in [6, 6.07) is 13.3. The molecule has 2 amide bonds. The summed E-state index contributed by atoms with van der Waals surface area (Å²) < 4.78 is 13.1. The number of thioether (sulfide) groups is 1. The van der Waals surface area contributed by atoms with E-state index in [0.29, 0.717) is 17.1 Å². The number of nitrogens with one attached hydrogen (secondary N) is 1. The first-order chi connectivity index (χ1) is 11.0. The number of benzene rings is 2. The minimum atomic E-state index is -0.329. The average molecular weight is 330 g/mol. The fraction of sp³-hybridized carbons (Fsp3) is 0.176. The lowest BCUT2D eigenvalue weighted by molar-refractivity contribution is -0.116. The molecule has 0 spiro atoms. The van der Waals surface area contributed by atoms with Crippen LogP contribution in [0.3, 0.4) is 0 Å².